The van der Waals surface area contributed by atoms with Crippen molar-refractivity contribution in [1.29, 1.82) is 5.26 Å². The Hall–Kier alpha value is -1.63. The van der Waals surface area contributed by atoms with E-state index in [-0.39, 0.29) is 11.5 Å². The molecular formula is C16H22N2O. The van der Waals surface area contributed by atoms with Crippen LogP contribution in [0.1, 0.15) is 31.9 Å². The van der Waals surface area contributed by atoms with Crippen molar-refractivity contribution in [1.82, 2.24) is 5.32 Å². The molecule has 0 saturated carbocycles. The average Bonchev–Trinajstić information content (AvgIpc) is 2.37. The molecule has 0 aliphatic heterocycles. The normalized spacial score (nSPS) is 13.4. The van der Waals surface area contributed by atoms with Crippen molar-refractivity contribution in [3.05, 3.63) is 41.5 Å². The maximum Gasteiger partial charge on any atom is 0.0991 e. The summed E-state index contributed by atoms with van der Waals surface area (Å²) in [4.78, 5) is 0. The predicted molar refractivity (Wildman–Crippen MR) is 78.5 cm³/mol. The van der Waals surface area contributed by atoms with E-state index in [0.717, 1.165) is 5.56 Å². The van der Waals surface area contributed by atoms with Gasteiger partial charge in [-0.15, -0.1) is 0 Å². The minimum atomic E-state index is -0.351. The molecule has 0 spiro atoms. The Morgan fingerprint density at radius 2 is 1.95 bits per heavy atom. The number of benzene rings is 1. The van der Waals surface area contributed by atoms with Crippen molar-refractivity contribution in [3.8, 4) is 6.07 Å². The van der Waals surface area contributed by atoms with Crippen LogP contribution in [0.2, 0.25) is 0 Å². The molecule has 0 aromatic heterocycles. The number of hydrogen-bond acceptors (Lipinski definition) is 3. The minimum absolute atomic E-state index is 0.0934. The zero-order valence-corrected chi connectivity index (χ0v) is 11.9. The molecular weight excluding hydrogens is 236 g/mol. The summed E-state index contributed by atoms with van der Waals surface area (Å²) in [5.74, 6) is 0. The predicted octanol–water partition coefficient (Wildman–Crippen LogP) is 2.57. The standard InChI is InChI=1S/C16H22N2O/c1-16(2,3)15(19)12-18-10-4-5-13-6-8-14(11-17)9-7-13/h4-9,15,18-19H,10,12H2,1-3H3/b5-4+. The fraction of sp³-hybridized carbons (Fsp3) is 0.438. The zero-order chi connectivity index (χ0) is 14.3. The Morgan fingerprint density at radius 1 is 1.32 bits per heavy atom. The van der Waals surface area contributed by atoms with E-state index in [1.54, 1.807) is 12.1 Å². The van der Waals surface area contributed by atoms with Gasteiger partial charge < -0.3 is 10.4 Å². The van der Waals surface area contributed by atoms with E-state index >= 15 is 0 Å². The molecule has 0 aliphatic rings. The summed E-state index contributed by atoms with van der Waals surface area (Å²) in [6.45, 7) is 7.36. The number of nitrogens with one attached hydrogen (secondary N) is 1. The van der Waals surface area contributed by atoms with Gasteiger partial charge in [-0.25, -0.2) is 0 Å². The molecule has 1 rings (SSSR count). The first kappa shape index (κ1) is 15.4. The van der Waals surface area contributed by atoms with Crippen molar-refractivity contribution < 1.29 is 5.11 Å². The largest absolute Gasteiger partial charge is 0.391 e. The van der Waals surface area contributed by atoms with E-state index in [1.165, 1.54) is 0 Å². The van der Waals surface area contributed by atoms with Gasteiger partial charge in [-0.05, 0) is 23.1 Å². The van der Waals surface area contributed by atoms with Gasteiger partial charge >= 0.3 is 0 Å². The number of nitrogens with zero attached hydrogens (tertiary/aromatic N) is 1. The van der Waals surface area contributed by atoms with E-state index in [4.69, 9.17) is 5.26 Å². The van der Waals surface area contributed by atoms with Gasteiger partial charge in [-0.3, -0.25) is 0 Å². The molecule has 102 valence electrons. The summed E-state index contributed by atoms with van der Waals surface area (Å²) in [6.07, 6.45) is 3.66. The van der Waals surface area contributed by atoms with Crippen LogP contribution in [0.5, 0.6) is 0 Å². The number of aliphatic hydroxyl groups is 1. The zero-order valence-electron chi connectivity index (χ0n) is 11.9. The van der Waals surface area contributed by atoms with Crippen LogP contribution in [0.4, 0.5) is 0 Å². The van der Waals surface area contributed by atoms with E-state index < -0.39 is 0 Å². The monoisotopic (exact) mass is 258 g/mol. The molecule has 0 heterocycles. The Morgan fingerprint density at radius 3 is 2.47 bits per heavy atom. The summed E-state index contributed by atoms with van der Waals surface area (Å²) in [5.41, 5.74) is 1.64. The Bertz CT molecular complexity index is 449. The van der Waals surface area contributed by atoms with Crippen LogP contribution in [-0.4, -0.2) is 24.3 Å². The van der Waals surface area contributed by atoms with Crippen molar-refractivity contribution in [2.24, 2.45) is 5.41 Å². The maximum absolute atomic E-state index is 9.84. The van der Waals surface area contributed by atoms with Gasteiger partial charge in [-0.1, -0.05) is 45.1 Å². The van der Waals surface area contributed by atoms with Crippen LogP contribution in [0, 0.1) is 16.7 Å². The van der Waals surface area contributed by atoms with Crippen LogP contribution in [0.3, 0.4) is 0 Å². The summed E-state index contributed by atoms with van der Waals surface area (Å²) in [7, 11) is 0. The molecule has 1 unspecified atom stereocenters. The summed E-state index contributed by atoms with van der Waals surface area (Å²) < 4.78 is 0. The Kier molecular flexibility index (Phi) is 5.75. The van der Waals surface area contributed by atoms with E-state index in [1.807, 2.05) is 45.1 Å². The molecule has 0 aliphatic carbocycles. The maximum atomic E-state index is 9.84. The van der Waals surface area contributed by atoms with E-state index in [2.05, 4.69) is 11.4 Å². The quantitative estimate of drug-likeness (QED) is 0.798. The van der Waals surface area contributed by atoms with Crippen molar-refractivity contribution in [2.75, 3.05) is 13.1 Å². The molecule has 1 aromatic carbocycles. The lowest BCUT2D eigenvalue weighted by atomic mass is 9.89. The molecule has 0 saturated heterocycles. The highest BCUT2D eigenvalue weighted by atomic mass is 16.3. The lowest BCUT2D eigenvalue weighted by Crippen LogP contribution is -2.36. The third-order valence-electron chi connectivity index (χ3n) is 2.95. The highest BCUT2D eigenvalue weighted by Crippen LogP contribution is 2.17. The van der Waals surface area contributed by atoms with Crippen molar-refractivity contribution >= 4 is 6.08 Å². The van der Waals surface area contributed by atoms with Gasteiger partial charge in [0.15, 0.2) is 0 Å². The van der Waals surface area contributed by atoms with Crippen molar-refractivity contribution in [3.63, 3.8) is 0 Å². The molecule has 2 N–H and O–H groups in total. The fourth-order valence-electron chi connectivity index (χ4n) is 1.47. The summed E-state index contributed by atoms with van der Waals surface area (Å²) >= 11 is 0. The molecule has 19 heavy (non-hydrogen) atoms. The SMILES string of the molecule is CC(C)(C)C(O)CNC/C=C/c1ccc(C#N)cc1. The first-order chi connectivity index (χ1) is 8.93. The molecule has 3 heteroatoms. The van der Waals surface area contributed by atoms with E-state index in [9.17, 15) is 5.11 Å². The molecule has 0 fully saturated rings. The highest BCUT2D eigenvalue weighted by molar-refractivity contribution is 5.51. The van der Waals surface area contributed by atoms with Crippen LogP contribution in [-0.2, 0) is 0 Å². The van der Waals surface area contributed by atoms with Gasteiger partial charge in [0.2, 0.25) is 0 Å². The number of nitriles is 1. The third-order valence-corrected chi connectivity index (χ3v) is 2.95. The van der Waals surface area contributed by atoms with Gasteiger partial charge in [0.1, 0.15) is 0 Å². The van der Waals surface area contributed by atoms with Crippen LogP contribution in [0.15, 0.2) is 30.3 Å². The highest BCUT2D eigenvalue weighted by Gasteiger charge is 2.20. The third kappa shape index (κ3) is 5.69. The van der Waals surface area contributed by atoms with Gasteiger partial charge in [-0.2, -0.15) is 5.26 Å². The fourth-order valence-corrected chi connectivity index (χ4v) is 1.47. The molecule has 3 nitrogen and oxygen atoms in total. The number of rotatable bonds is 5. The van der Waals surface area contributed by atoms with Crippen LogP contribution >= 0.6 is 0 Å². The molecule has 1 aromatic rings. The molecule has 0 radical (unpaired) electrons. The molecule has 0 bridgehead atoms. The summed E-state index contributed by atoms with van der Waals surface area (Å²) in [6, 6.07) is 9.53. The van der Waals surface area contributed by atoms with Crippen molar-refractivity contribution in [2.45, 2.75) is 26.9 Å². The minimum Gasteiger partial charge on any atom is -0.391 e. The second-order valence-electron chi connectivity index (χ2n) is 5.68. The average molecular weight is 258 g/mol. The lowest BCUT2D eigenvalue weighted by molar-refractivity contribution is 0.0639. The van der Waals surface area contributed by atoms with E-state index in [0.29, 0.717) is 18.7 Å². The van der Waals surface area contributed by atoms with Gasteiger partial charge in [0, 0.05) is 13.1 Å². The first-order valence-electron chi connectivity index (χ1n) is 6.49. The Balaban J connectivity index is 2.33. The molecule has 0 amide bonds. The molecule has 1 atom stereocenters. The number of hydrogen-bond donors (Lipinski definition) is 2. The van der Waals surface area contributed by atoms with Gasteiger partial charge in [0.25, 0.3) is 0 Å². The summed E-state index contributed by atoms with van der Waals surface area (Å²) in [5, 5.41) is 21.7. The first-order valence-corrected chi connectivity index (χ1v) is 6.49. The van der Waals surface area contributed by atoms with Crippen LogP contribution < -0.4 is 5.32 Å². The second-order valence-corrected chi connectivity index (χ2v) is 5.68. The second kappa shape index (κ2) is 7.08. The smallest absolute Gasteiger partial charge is 0.0991 e. The number of aliphatic hydroxyl groups excluding tert-OH is 1. The van der Waals surface area contributed by atoms with Crippen LogP contribution in [0.25, 0.3) is 6.08 Å². The lowest BCUT2D eigenvalue weighted by Gasteiger charge is -2.25. The Labute approximate surface area is 115 Å². The van der Waals surface area contributed by atoms with Gasteiger partial charge in [0.05, 0.1) is 17.7 Å². The topological polar surface area (TPSA) is 56.0 Å².